The molecule has 0 unspecified atom stereocenters. The summed E-state index contributed by atoms with van der Waals surface area (Å²) in [5.74, 6) is -4.25. The van der Waals surface area contributed by atoms with E-state index in [1.54, 1.807) is 0 Å². The number of carbonyl (C=O) groups is 1. The molecule has 6 saturated heterocycles. The van der Waals surface area contributed by atoms with Crippen LogP contribution in [-0.4, -0.2) is 206 Å². The van der Waals surface area contributed by atoms with E-state index in [9.17, 15) is 55.9 Å². The number of carbonyl (C=O) groups excluding carboxylic acids is 1. The topological polar surface area (TPSA) is 328 Å². The smallest absolute Gasteiger partial charge is 0.280 e. The van der Waals surface area contributed by atoms with Crippen LogP contribution in [0.15, 0.2) is 0 Å². The van der Waals surface area contributed by atoms with E-state index in [0.717, 1.165) is 0 Å². The summed E-state index contributed by atoms with van der Waals surface area (Å²) in [5.41, 5.74) is 5.47. The number of fused-ring (bicyclic) bond motifs is 4. The summed E-state index contributed by atoms with van der Waals surface area (Å²) in [5, 5.41) is 104. The molecule has 0 aromatic carbocycles. The molecular weight excluding hydrogens is 634 g/mol. The lowest BCUT2D eigenvalue weighted by Gasteiger charge is -2.49. The number of rotatable bonds is 9. The predicted octanol–water partition coefficient (Wildman–Crippen LogP) is -8.80. The fourth-order valence-electron chi connectivity index (χ4n) is 6.62. The Balaban J connectivity index is 1.16. The van der Waals surface area contributed by atoms with Crippen molar-refractivity contribution in [3.8, 4) is 0 Å². The minimum Gasteiger partial charge on any atom is -0.394 e. The normalized spacial score (nSPS) is 55.4. The zero-order valence-corrected chi connectivity index (χ0v) is 23.9. The second kappa shape index (κ2) is 13.2. The Morgan fingerprint density at radius 1 is 0.674 bits per heavy atom. The van der Waals surface area contributed by atoms with E-state index in [-0.39, 0.29) is 13.2 Å². The summed E-state index contributed by atoms with van der Waals surface area (Å²) in [6, 6.07) is 0. The third kappa shape index (κ3) is 5.65. The molecule has 6 aliphatic rings. The molecule has 6 aliphatic heterocycles. The number of aliphatic hydroxyl groups excluding tert-OH is 10. The Bertz CT molecular complexity index is 1090. The van der Waals surface area contributed by atoms with Gasteiger partial charge in [-0.25, -0.2) is 0 Å². The number of hydrogen-bond acceptors (Lipinski definition) is 20. The zero-order valence-electron chi connectivity index (χ0n) is 23.9. The van der Waals surface area contributed by atoms with E-state index < -0.39 is 141 Å². The molecule has 0 radical (unpaired) electrons. The van der Waals surface area contributed by atoms with E-state index >= 15 is 0 Å². The van der Waals surface area contributed by atoms with Crippen molar-refractivity contribution in [1.29, 1.82) is 0 Å². The van der Waals surface area contributed by atoms with Gasteiger partial charge in [-0.15, -0.1) is 0 Å². The monoisotopic (exact) mass is 673 g/mol. The van der Waals surface area contributed by atoms with Gasteiger partial charge in [0.25, 0.3) is 11.7 Å². The van der Waals surface area contributed by atoms with Gasteiger partial charge in [0, 0.05) is 0 Å². The molecule has 1 amide bonds. The van der Waals surface area contributed by atoms with Crippen LogP contribution >= 0.6 is 0 Å². The second-order valence-corrected chi connectivity index (χ2v) is 12.0. The van der Waals surface area contributed by atoms with Crippen LogP contribution in [0.2, 0.25) is 0 Å². The molecule has 264 valence electrons. The summed E-state index contributed by atoms with van der Waals surface area (Å²) in [6.07, 6.45) is -29.1. The fraction of sp³-hybridized carbons (Fsp3) is 0.960. The first-order chi connectivity index (χ1) is 21.8. The van der Waals surface area contributed by atoms with Gasteiger partial charge in [0.1, 0.15) is 97.7 Å². The molecule has 6 rings (SSSR count). The van der Waals surface area contributed by atoms with Gasteiger partial charge < -0.3 is 99.4 Å². The predicted molar refractivity (Wildman–Crippen MR) is 135 cm³/mol. The number of nitrogens with two attached hydrogens (primary N) is 1. The number of aliphatic hydroxyl groups is 10. The molecule has 6 fully saturated rings. The lowest BCUT2D eigenvalue weighted by molar-refractivity contribution is -0.386. The lowest BCUT2D eigenvalue weighted by atomic mass is 9.91. The van der Waals surface area contributed by atoms with E-state index in [1.165, 1.54) is 0 Å². The number of ether oxygens (including phenoxy) is 9. The lowest BCUT2D eigenvalue weighted by Crippen LogP contribution is -2.72. The average Bonchev–Trinajstić information content (AvgIpc) is 3.51. The molecule has 46 heavy (non-hydrogen) atoms. The van der Waals surface area contributed by atoms with Gasteiger partial charge in [0.2, 0.25) is 0 Å². The highest BCUT2D eigenvalue weighted by Gasteiger charge is 2.64. The quantitative estimate of drug-likeness (QED) is 0.108. The van der Waals surface area contributed by atoms with Crippen LogP contribution in [0.3, 0.4) is 0 Å². The fourth-order valence-corrected chi connectivity index (χ4v) is 6.62. The highest BCUT2D eigenvalue weighted by atomic mass is 16.8. The Labute approximate surface area is 259 Å². The van der Waals surface area contributed by atoms with E-state index in [4.69, 9.17) is 48.4 Å². The summed E-state index contributed by atoms with van der Waals surface area (Å²) in [6.45, 7) is -1.98. The van der Waals surface area contributed by atoms with Crippen molar-refractivity contribution in [3.05, 3.63) is 0 Å². The SMILES string of the molecule is NC(=O)[C@]1(O[C@@H]2[C@H]3OC[C@@H]2O[C@@H](O[C@@H]2[C@@H](O)[C@H](O[C@@H]4[C@H]5OC[C@@H]4O[C@@H](O)[C@H]5O)O[C@H](CO)[C@H]2O)[C@H]3O)O[C@H](CO)[C@H](O)[C@H](O)[C@H]1O. The Kier molecular flexibility index (Phi) is 9.92. The minimum absolute atomic E-state index is 0.0499. The molecule has 0 aromatic rings. The van der Waals surface area contributed by atoms with Gasteiger partial charge in [-0.2, -0.15) is 0 Å². The van der Waals surface area contributed by atoms with Crippen molar-refractivity contribution < 1.29 is 98.5 Å². The Morgan fingerprint density at radius 2 is 1.26 bits per heavy atom. The second-order valence-electron chi connectivity index (χ2n) is 12.0. The molecule has 12 N–H and O–H groups in total. The van der Waals surface area contributed by atoms with Gasteiger partial charge in [-0.1, -0.05) is 0 Å². The van der Waals surface area contributed by atoms with Crippen molar-refractivity contribution in [2.75, 3.05) is 26.4 Å². The summed E-state index contributed by atoms with van der Waals surface area (Å²) < 4.78 is 50.3. The largest absolute Gasteiger partial charge is 0.394 e. The van der Waals surface area contributed by atoms with Crippen molar-refractivity contribution >= 4 is 5.91 Å². The molecule has 21 nitrogen and oxygen atoms in total. The first-order valence-electron chi connectivity index (χ1n) is 14.6. The van der Waals surface area contributed by atoms with Crippen molar-refractivity contribution in [2.45, 2.75) is 122 Å². The Morgan fingerprint density at radius 3 is 1.89 bits per heavy atom. The van der Waals surface area contributed by atoms with E-state index in [2.05, 4.69) is 0 Å². The van der Waals surface area contributed by atoms with Crippen molar-refractivity contribution in [3.63, 3.8) is 0 Å². The van der Waals surface area contributed by atoms with E-state index in [0.29, 0.717) is 0 Å². The van der Waals surface area contributed by atoms with Gasteiger partial charge in [0.15, 0.2) is 18.9 Å². The van der Waals surface area contributed by atoms with Crippen molar-refractivity contribution in [1.82, 2.24) is 0 Å². The molecule has 21 heteroatoms. The van der Waals surface area contributed by atoms with Crippen LogP contribution in [0, 0.1) is 0 Å². The molecule has 4 bridgehead atoms. The van der Waals surface area contributed by atoms with Crippen LogP contribution < -0.4 is 5.73 Å². The van der Waals surface area contributed by atoms with Crippen LogP contribution in [0.5, 0.6) is 0 Å². The molecule has 0 saturated carbocycles. The first kappa shape index (κ1) is 34.6. The molecule has 0 spiro atoms. The molecule has 0 aromatic heterocycles. The third-order valence-electron chi connectivity index (χ3n) is 9.16. The number of primary amides is 1. The van der Waals surface area contributed by atoms with Crippen LogP contribution in [-0.2, 0) is 47.4 Å². The number of amides is 1. The third-order valence-corrected chi connectivity index (χ3v) is 9.16. The summed E-state index contributed by atoms with van der Waals surface area (Å²) >= 11 is 0. The highest BCUT2D eigenvalue weighted by Crippen LogP contribution is 2.41. The molecule has 20 atom stereocenters. The number of hydrogen-bond donors (Lipinski definition) is 11. The van der Waals surface area contributed by atoms with E-state index in [1.807, 2.05) is 0 Å². The van der Waals surface area contributed by atoms with Crippen LogP contribution in [0.1, 0.15) is 0 Å². The van der Waals surface area contributed by atoms with Gasteiger partial charge in [-0.3, -0.25) is 4.79 Å². The van der Waals surface area contributed by atoms with Gasteiger partial charge in [-0.05, 0) is 0 Å². The molecule has 6 heterocycles. The van der Waals surface area contributed by atoms with Crippen LogP contribution in [0.4, 0.5) is 0 Å². The Hall–Kier alpha value is -1.29. The standard InChI is InChI=1S/C25H39NO20/c26-24(37)25(20(35)11(31)9(29)6(2-28)45-25)46-16-8-4-39-19(16)14(34)23(42-8)44-17-10(30)5(1-27)41-22(13(17)33)43-15-7-3-38-18(15)12(32)21(36)40-7/h5-23,27-36H,1-4H2,(H2,26,37)/t5-,6-,7+,8+,9+,10-,11+,12+,13-,14+,15+,16+,17+,18+,19+,20-,21-,22+,23+,25+/m1/s1. The summed E-state index contributed by atoms with van der Waals surface area (Å²) in [7, 11) is 0. The first-order valence-corrected chi connectivity index (χ1v) is 14.6. The maximum atomic E-state index is 12.5. The summed E-state index contributed by atoms with van der Waals surface area (Å²) in [4.78, 5) is 12.5. The maximum Gasteiger partial charge on any atom is 0.280 e. The maximum absolute atomic E-state index is 12.5. The molecule has 0 aliphatic carbocycles. The van der Waals surface area contributed by atoms with Crippen molar-refractivity contribution in [2.24, 2.45) is 5.73 Å². The highest BCUT2D eigenvalue weighted by molar-refractivity contribution is 5.83. The average molecular weight is 674 g/mol. The van der Waals surface area contributed by atoms with Crippen LogP contribution in [0.25, 0.3) is 0 Å². The van der Waals surface area contributed by atoms with Gasteiger partial charge >= 0.3 is 0 Å². The van der Waals surface area contributed by atoms with Gasteiger partial charge in [0.05, 0.1) is 26.4 Å². The minimum atomic E-state index is -2.82. The zero-order chi connectivity index (χ0) is 33.2. The molecular formula is C25H39NO20.